The van der Waals surface area contributed by atoms with Gasteiger partial charge in [-0.3, -0.25) is 14.6 Å². The Morgan fingerprint density at radius 1 is 1.00 bits per heavy atom. The van der Waals surface area contributed by atoms with Crippen molar-refractivity contribution in [3.63, 3.8) is 0 Å². The largest absolute Gasteiger partial charge is 0.381 e. The molecular formula is C23H38N4O4. The SMILES string of the molecule is Cc1noc(C)c1C(=O)N1CCC(CN(CCN2CCOCC2)C2CCOCC2)CC1. The number of ether oxygens (including phenoxy) is 2. The lowest BCUT2D eigenvalue weighted by Gasteiger charge is -2.40. The third-order valence-corrected chi connectivity index (χ3v) is 7.16. The van der Waals surface area contributed by atoms with E-state index in [9.17, 15) is 4.79 Å². The van der Waals surface area contributed by atoms with Gasteiger partial charge in [0.15, 0.2) is 0 Å². The lowest BCUT2D eigenvalue weighted by atomic mass is 9.94. The number of aryl methyl sites for hydroxylation is 2. The minimum atomic E-state index is 0.0725. The number of nitrogens with zero attached hydrogens (tertiary/aromatic N) is 4. The molecule has 1 amide bonds. The first-order valence-electron chi connectivity index (χ1n) is 12.0. The molecule has 0 radical (unpaired) electrons. The Labute approximate surface area is 185 Å². The molecule has 3 aliphatic heterocycles. The molecule has 1 aromatic heterocycles. The Morgan fingerprint density at radius 3 is 2.32 bits per heavy atom. The van der Waals surface area contributed by atoms with E-state index in [-0.39, 0.29) is 5.91 Å². The fourth-order valence-electron chi connectivity index (χ4n) is 5.16. The molecule has 0 aromatic carbocycles. The van der Waals surface area contributed by atoms with Crippen molar-refractivity contribution in [2.45, 2.75) is 45.6 Å². The average Bonchev–Trinajstić information content (AvgIpc) is 3.15. The second kappa shape index (κ2) is 10.9. The van der Waals surface area contributed by atoms with Gasteiger partial charge in [-0.1, -0.05) is 5.16 Å². The summed E-state index contributed by atoms with van der Waals surface area (Å²) in [5, 5.41) is 3.95. The zero-order valence-corrected chi connectivity index (χ0v) is 19.2. The summed E-state index contributed by atoms with van der Waals surface area (Å²) in [5.74, 6) is 1.34. The van der Waals surface area contributed by atoms with Gasteiger partial charge in [-0.05, 0) is 45.4 Å². The summed E-state index contributed by atoms with van der Waals surface area (Å²) in [7, 11) is 0. The Hall–Kier alpha value is -1.48. The Morgan fingerprint density at radius 2 is 1.68 bits per heavy atom. The number of amides is 1. The van der Waals surface area contributed by atoms with Crippen LogP contribution in [0.15, 0.2) is 4.52 Å². The standard InChI is InChI=1S/C23H38N4O4/c1-18-22(19(2)31-24-18)23(28)26-7-3-20(4-8-26)17-27(21-5-13-29-14-6-21)10-9-25-11-15-30-16-12-25/h20-21H,3-17H2,1-2H3. The van der Waals surface area contributed by atoms with Crippen LogP contribution in [0.4, 0.5) is 0 Å². The van der Waals surface area contributed by atoms with E-state index >= 15 is 0 Å². The lowest BCUT2D eigenvalue weighted by molar-refractivity contribution is 0.00624. The number of piperidine rings is 1. The molecule has 0 atom stereocenters. The molecule has 0 N–H and O–H groups in total. The third-order valence-electron chi connectivity index (χ3n) is 7.16. The van der Waals surface area contributed by atoms with Crippen molar-refractivity contribution in [3.05, 3.63) is 17.0 Å². The van der Waals surface area contributed by atoms with E-state index in [1.54, 1.807) is 0 Å². The topological polar surface area (TPSA) is 71.3 Å². The third kappa shape index (κ3) is 5.86. The second-order valence-electron chi connectivity index (χ2n) is 9.23. The summed E-state index contributed by atoms with van der Waals surface area (Å²) in [6, 6.07) is 0.622. The van der Waals surface area contributed by atoms with Crippen molar-refractivity contribution in [2.24, 2.45) is 5.92 Å². The van der Waals surface area contributed by atoms with Crippen LogP contribution in [0.1, 0.15) is 47.5 Å². The predicted octanol–water partition coefficient (Wildman–Crippen LogP) is 1.96. The van der Waals surface area contributed by atoms with Gasteiger partial charge in [0, 0.05) is 65.1 Å². The van der Waals surface area contributed by atoms with E-state index in [1.165, 1.54) is 0 Å². The van der Waals surface area contributed by atoms with Gasteiger partial charge >= 0.3 is 0 Å². The molecule has 31 heavy (non-hydrogen) atoms. The van der Waals surface area contributed by atoms with Crippen LogP contribution in [-0.2, 0) is 9.47 Å². The molecule has 174 valence electrons. The first-order valence-corrected chi connectivity index (χ1v) is 12.0. The van der Waals surface area contributed by atoms with Crippen LogP contribution < -0.4 is 0 Å². The number of carbonyl (C=O) groups excluding carboxylic acids is 1. The Balaban J connectivity index is 1.30. The van der Waals surface area contributed by atoms with Gasteiger partial charge in [-0.15, -0.1) is 0 Å². The van der Waals surface area contributed by atoms with Crippen LogP contribution in [0.2, 0.25) is 0 Å². The van der Waals surface area contributed by atoms with Crippen LogP contribution >= 0.6 is 0 Å². The van der Waals surface area contributed by atoms with E-state index in [4.69, 9.17) is 14.0 Å². The maximum absolute atomic E-state index is 12.9. The smallest absolute Gasteiger partial charge is 0.259 e. The summed E-state index contributed by atoms with van der Waals surface area (Å²) in [4.78, 5) is 20.2. The molecule has 3 aliphatic rings. The molecule has 8 nitrogen and oxygen atoms in total. The molecule has 8 heteroatoms. The van der Waals surface area contributed by atoms with Crippen molar-refractivity contribution in [1.29, 1.82) is 0 Å². The number of rotatable bonds is 7. The molecule has 0 bridgehead atoms. The van der Waals surface area contributed by atoms with Crippen LogP contribution in [0.5, 0.6) is 0 Å². The minimum Gasteiger partial charge on any atom is -0.381 e. The first-order chi connectivity index (χ1) is 15.1. The molecular weight excluding hydrogens is 396 g/mol. The molecule has 3 saturated heterocycles. The average molecular weight is 435 g/mol. The van der Waals surface area contributed by atoms with E-state index in [0.717, 1.165) is 97.9 Å². The molecule has 3 fully saturated rings. The van der Waals surface area contributed by atoms with Crippen LogP contribution in [-0.4, -0.2) is 104 Å². The highest BCUT2D eigenvalue weighted by molar-refractivity contribution is 5.96. The second-order valence-corrected chi connectivity index (χ2v) is 9.23. The van der Waals surface area contributed by atoms with Crippen molar-refractivity contribution < 1.29 is 18.8 Å². The van der Waals surface area contributed by atoms with Gasteiger partial charge in [0.2, 0.25) is 0 Å². The summed E-state index contributed by atoms with van der Waals surface area (Å²) in [6.45, 7) is 14.2. The summed E-state index contributed by atoms with van der Waals surface area (Å²) in [6.07, 6.45) is 4.39. The highest BCUT2D eigenvalue weighted by atomic mass is 16.5. The van der Waals surface area contributed by atoms with Crippen LogP contribution in [0.25, 0.3) is 0 Å². The predicted molar refractivity (Wildman–Crippen MR) is 117 cm³/mol. The molecule has 4 rings (SSSR count). The van der Waals surface area contributed by atoms with Gasteiger partial charge < -0.3 is 18.9 Å². The lowest BCUT2D eigenvalue weighted by Crippen LogP contribution is -2.49. The number of carbonyl (C=O) groups is 1. The highest BCUT2D eigenvalue weighted by Gasteiger charge is 2.30. The molecule has 4 heterocycles. The zero-order valence-electron chi connectivity index (χ0n) is 19.2. The summed E-state index contributed by atoms with van der Waals surface area (Å²) >= 11 is 0. The fourth-order valence-corrected chi connectivity index (χ4v) is 5.16. The molecule has 0 unspecified atom stereocenters. The number of morpholine rings is 1. The van der Waals surface area contributed by atoms with Crippen molar-refractivity contribution in [3.8, 4) is 0 Å². The van der Waals surface area contributed by atoms with E-state index in [1.807, 2.05) is 18.7 Å². The van der Waals surface area contributed by atoms with E-state index < -0.39 is 0 Å². The number of hydrogen-bond donors (Lipinski definition) is 0. The van der Waals surface area contributed by atoms with Crippen molar-refractivity contribution in [2.75, 3.05) is 72.2 Å². The Kier molecular flexibility index (Phi) is 7.98. The first kappa shape index (κ1) is 22.7. The number of aromatic nitrogens is 1. The van der Waals surface area contributed by atoms with Gasteiger partial charge in [-0.2, -0.15) is 0 Å². The maximum atomic E-state index is 12.9. The monoisotopic (exact) mass is 434 g/mol. The quantitative estimate of drug-likeness (QED) is 0.650. The van der Waals surface area contributed by atoms with E-state index in [0.29, 0.717) is 29.0 Å². The fraction of sp³-hybridized carbons (Fsp3) is 0.826. The summed E-state index contributed by atoms with van der Waals surface area (Å²) < 4.78 is 16.3. The van der Waals surface area contributed by atoms with Crippen molar-refractivity contribution >= 4 is 5.91 Å². The van der Waals surface area contributed by atoms with Gasteiger partial charge in [0.25, 0.3) is 5.91 Å². The molecule has 0 aliphatic carbocycles. The minimum absolute atomic E-state index is 0.0725. The van der Waals surface area contributed by atoms with Crippen LogP contribution in [0, 0.1) is 19.8 Å². The zero-order chi connectivity index (χ0) is 21.6. The Bertz CT molecular complexity index is 685. The number of hydrogen-bond acceptors (Lipinski definition) is 7. The molecule has 1 aromatic rings. The summed E-state index contributed by atoms with van der Waals surface area (Å²) in [5.41, 5.74) is 1.34. The van der Waals surface area contributed by atoms with E-state index in [2.05, 4.69) is 15.0 Å². The molecule has 0 saturated carbocycles. The van der Waals surface area contributed by atoms with Gasteiger partial charge in [-0.25, -0.2) is 0 Å². The highest BCUT2D eigenvalue weighted by Crippen LogP contribution is 2.25. The maximum Gasteiger partial charge on any atom is 0.259 e. The normalized spacial score (nSPS) is 22.4. The van der Waals surface area contributed by atoms with Gasteiger partial charge in [0.1, 0.15) is 11.3 Å². The van der Waals surface area contributed by atoms with Gasteiger partial charge in [0.05, 0.1) is 18.9 Å². The number of likely N-dealkylation sites (tertiary alicyclic amines) is 1. The molecule has 0 spiro atoms. The van der Waals surface area contributed by atoms with Crippen LogP contribution in [0.3, 0.4) is 0 Å². The van der Waals surface area contributed by atoms with Crippen molar-refractivity contribution in [1.82, 2.24) is 19.9 Å².